The monoisotopic (exact) mass is 292 g/mol. The first kappa shape index (κ1) is 14.3. The number of carbonyl (C=O) groups is 1. The predicted molar refractivity (Wildman–Crippen MR) is 77.7 cm³/mol. The van der Waals surface area contributed by atoms with Gasteiger partial charge in [0.2, 0.25) is 0 Å². The lowest BCUT2D eigenvalue weighted by atomic mass is 10.3. The van der Waals surface area contributed by atoms with Crippen LogP contribution in [0.3, 0.4) is 0 Å². The third-order valence-electron chi connectivity index (χ3n) is 3.15. The lowest BCUT2D eigenvalue weighted by Crippen LogP contribution is -2.16. The van der Waals surface area contributed by atoms with Crippen molar-refractivity contribution >= 4 is 21.4 Å². The molecule has 106 valence electrons. The first-order valence-corrected chi connectivity index (χ1v) is 7.92. The van der Waals surface area contributed by atoms with Gasteiger partial charge in [0.15, 0.2) is 9.84 Å². The number of nitrogens with zero attached hydrogens (tertiary/aromatic N) is 1. The van der Waals surface area contributed by atoms with E-state index in [0.717, 1.165) is 11.9 Å². The van der Waals surface area contributed by atoms with Crippen molar-refractivity contribution in [3.8, 4) is 0 Å². The van der Waals surface area contributed by atoms with Crippen LogP contribution in [-0.4, -0.2) is 25.1 Å². The van der Waals surface area contributed by atoms with Crippen molar-refractivity contribution in [2.24, 2.45) is 7.05 Å². The maximum Gasteiger partial charge on any atom is 0.272 e. The van der Waals surface area contributed by atoms with E-state index >= 15 is 0 Å². The highest BCUT2D eigenvalue weighted by Crippen LogP contribution is 2.15. The Morgan fingerprint density at radius 1 is 1.10 bits per heavy atom. The van der Waals surface area contributed by atoms with Gasteiger partial charge in [-0.1, -0.05) is 0 Å². The molecule has 1 heterocycles. The van der Waals surface area contributed by atoms with E-state index in [2.05, 4.69) is 5.32 Å². The zero-order valence-electron chi connectivity index (χ0n) is 11.5. The molecular weight excluding hydrogens is 276 g/mol. The van der Waals surface area contributed by atoms with Crippen molar-refractivity contribution in [1.29, 1.82) is 0 Å². The zero-order chi connectivity index (χ0) is 14.9. The minimum Gasteiger partial charge on any atom is -0.344 e. The molecule has 1 aromatic heterocycles. The summed E-state index contributed by atoms with van der Waals surface area (Å²) < 4.78 is 24.5. The normalized spacial score (nSPS) is 11.3. The van der Waals surface area contributed by atoms with Crippen LogP contribution in [0.2, 0.25) is 0 Å². The Bertz CT molecular complexity index is 743. The second-order valence-corrected chi connectivity index (χ2v) is 6.69. The van der Waals surface area contributed by atoms with Crippen LogP contribution in [0.5, 0.6) is 0 Å². The number of anilines is 1. The summed E-state index contributed by atoms with van der Waals surface area (Å²) in [5.41, 5.74) is 2.10. The Labute approximate surface area is 118 Å². The van der Waals surface area contributed by atoms with Crippen LogP contribution in [0.1, 0.15) is 16.2 Å². The average molecular weight is 292 g/mol. The molecule has 0 aliphatic carbocycles. The lowest BCUT2D eigenvalue weighted by molar-refractivity contribution is 0.101. The summed E-state index contributed by atoms with van der Waals surface area (Å²) in [6.45, 7) is 1.91. The van der Waals surface area contributed by atoms with E-state index in [0.29, 0.717) is 11.4 Å². The number of hydrogen-bond donors (Lipinski definition) is 1. The molecule has 0 spiro atoms. The van der Waals surface area contributed by atoms with Crippen molar-refractivity contribution in [2.75, 3.05) is 11.6 Å². The Balaban J connectivity index is 2.19. The molecule has 0 saturated carbocycles. The van der Waals surface area contributed by atoms with Crippen LogP contribution in [0.15, 0.2) is 41.3 Å². The smallest absolute Gasteiger partial charge is 0.272 e. The summed E-state index contributed by atoms with van der Waals surface area (Å²) in [5.74, 6) is -0.229. The molecule has 0 fully saturated rings. The van der Waals surface area contributed by atoms with E-state index in [-0.39, 0.29) is 10.8 Å². The Morgan fingerprint density at radius 2 is 1.70 bits per heavy atom. The summed E-state index contributed by atoms with van der Waals surface area (Å²) in [5, 5.41) is 2.74. The molecule has 6 heteroatoms. The van der Waals surface area contributed by atoms with E-state index in [1.165, 1.54) is 12.1 Å². The van der Waals surface area contributed by atoms with E-state index < -0.39 is 9.84 Å². The third-order valence-corrected chi connectivity index (χ3v) is 4.27. The SMILES string of the molecule is Cc1ccc(C(=O)Nc2ccc(S(C)(=O)=O)cc2)n1C. The predicted octanol–water partition coefficient (Wildman–Crippen LogP) is 1.99. The summed E-state index contributed by atoms with van der Waals surface area (Å²) >= 11 is 0. The van der Waals surface area contributed by atoms with Crippen LogP contribution >= 0.6 is 0 Å². The van der Waals surface area contributed by atoms with Gasteiger partial charge in [0.05, 0.1) is 4.90 Å². The largest absolute Gasteiger partial charge is 0.344 e. The quantitative estimate of drug-likeness (QED) is 0.940. The third kappa shape index (κ3) is 2.91. The van der Waals surface area contributed by atoms with Crippen molar-refractivity contribution in [1.82, 2.24) is 4.57 Å². The van der Waals surface area contributed by atoms with E-state index in [1.807, 2.05) is 20.0 Å². The van der Waals surface area contributed by atoms with Gasteiger partial charge in [0.1, 0.15) is 5.69 Å². The Morgan fingerprint density at radius 3 is 2.15 bits per heavy atom. The standard InChI is InChI=1S/C14H16N2O3S/c1-10-4-9-13(16(10)2)14(17)15-11-5-7-12(8-6-11)20(3,18)19/h4-9H,1-3H3,(H,15,17). The number of rotatable bonds is 3. The molecule has 5 nitrogen and oxygen atoms in total. The minimum atomic E-state index is -3.22. The van der Waals surface area contributed by atoms with E-state index in [1.54, 1.807) is 22.8 Å². The van der Waals surface area contributed by atoms with Crippen LogP contribution in [0.4, 0.5) is 5.69 Å². The molecule has 2 aromatic rings. The highest BCUT2D eigenvalue weighted by Gasteiger charge is 2.12. The van der Waals surface area contributed by atoms with Gasteiger partial charge in [-0.2, -0.15) is 0 Å². The van der Waals surface area contributed by atoms with Gasteiger partial charge in [-0.15, -0.1) is 0 Å². The number of amides is 1. The molecule has 1 amide bonds. The molecular formula is C14H16N2O3S. The van der Waals surface area contributed by atoms with Crippen molar-refractivity contribution < 1.29 is 13.2 Å². The second-order valence-electron chi connectivity index (χ2n) is 4.67. The number of sulfone groups is 1. The molecule has 0 bridgehead atoms. The van der Waals surface area contributed by atoms with Gasteiger partial charge < -0.3 is 9.88 Å². The van der Waals surface area contributed by atoms with Gasteiger partial charge in [-0.3, -0.25) is 4.79 Å². The molecule has 0 unspecified atom stereocenters. The number of nitrogens with one attached hydrogen (secondary N) is 1. The summed E-state index contributed by atoms with van der Waals surface area (Å²) in [7, 11) is -1.40. The van der Waals surface area contributed by atoms with Gasteiger partial charge in [-0.25, -0.2) is 8.42 Å². The first-order chi connectivity index (χ1) is 9.29. The molecule has 0 aliphatic rings. The first-order valence-electron chi connectivity index (χ1n) is 6.03. The highest BCUT2D eigenvalue weighted by atomic mass is 32.2. The highest BCUT2D eigenvalue weighted by molar-refractivity contribution is 7.90. The van der Waals surface area contributed by atoms with Crippen LogP contribution in [0, 0.1) is 6.92 Å². The topological polar surface area (TPSA) is 68.2 Å². The van der Waals surface area contributed by atoms with Crippen molar-refractivity contribution in [3.63, 3.8) is 0 Å². The summed E-state index contributed by atoms with van der Waals surface area (Å²) in [6.07, 6.45) is 1.15. The van der Waals surface area contributed by atoms with Crippen molar-refractivity contribution in [3.05, 3.63) is 47.8 Å². The molecule has 2 rings (SSSR count). The number of aromatic nitrogens is 1. The minimum absolute atomic E-state index is 0.227. The average Bonchev–Trinajstić information content (AvgIpc) is 2.69. The van der Waals surface area contributed by atoms with Gasteiger partial charge in [-0.05, 0) is 43.3 Å². The van der Waals surface area contributed by atoms with E-state index in [9.17, 15) is 13.2 Å². The fourth-order valence-electron chi connectivity index (χ4n) is 1.82. The van der Waals surface area contributed by atoms with Crippen LogP contribution in [0.25, 0.3) is 0 Å². The van der Waals surface area contributed by atoms with Crippen molar-refractivity contribution in [2.45, 2.75) is 11.8 Å². The maximum atomic E-state index is 12.1. The fourth-order valence-corrected chi connectivity index (χ4v) is 2.45. The molecule has 0 atom stereocenters. The van der Waals surface area contributed by atoms with E-state index in [4.69, 9.17) is 0 Å². The fraction of sp³-hybridized carbons (Fsp3) is 0.214. The Hall–Kier alpha value is -2.08. The number of benzene rings is 1. The number of hydrogen-bond acceptors (Lipinski definition) is 3. The van der Waals surface area contributed by atoms with Gasteiger partial charge in [0.25, 0.3) is 5.91 Å². The molecule has 1 N–H and O–H groups in total. The van der Waals surface area contributed by atoms with Crippen LogP contribution in [-0.2, 0) is 16.9 Å². The molecule has 20 heavy (non-hydrogen) atoms. The van der Waals surface area contributed by atoms with Gasteiger partial charge >= 0.3 is 0 Å². The second kappa shape index (κ2) is 5.13. The Kier molecular flexibility index (Phi) is 3.67. The molecule has 0 saturated heterocycles. The molecule has 1 aromatic carbocycles. The zero-order valence-corrected chi connectivity index (χ0v) is 12.4. The van der Waals surface area contributed by atoms with Crippen LogP contribution < -0.4 is 5.32 Å². The van der Waals surface area contributed by atoms with Gasteiger partial charge in [0, 0.05) is 24.7 Å². The summed E-state index contributed by atoms with van der Waals surface area (Å²) in [6, 6.07) is 9.70. The number of carbonyl (C=O) groups excluding carboxylic acids is 1. The molecule has 0 aliphatic heterocycles. The summed E-state index contributed by atoms with van der Waals surface area (Å²) in [4.78, 5) is 12.3. The maximum absolute atomic E-state index is 12.1. The number of aryl methyl sites for hydroxylation is 1. The molecule has 0 radical (unpaired) electrons. The lowest BCUT2D eigenvalue weighted by Gasteiger charge is -2.07.